The van der Waals surface area contributed by atoms with Gasteiger partial charge in [-0.15, -0.1) is 0 Å². The first kappa shape index (κ1) is 24.2. The number of nitrogens with zero attached hydrogens (tertiary/aromatic N) is 1. The Bertz CT molecular complexity index is 1260. The number of rotatable bonds is 8. The van der Waals surface area contributed by atoms with E-state index >= 15 is 0 Å². The van der Waals surface area contributed by atoms with Gasteiger partial charge in [-0.3, -0.25) is 4.72 Å². The molecule has 1 aliphatic heterocycles. The highest BCUT2D eigenvalue weighted by atomic mass is 35.5. The van der Waals surface area contributed by atoms with Crippen LogP contribution in [0.2, 0.25) is 5.02 Å². The van der Waals surface area contributed by atoms with Gasteiger partial charge in [-0.25, -0.2) is 13.2 Å². The molecule has 0 spiro atoms. The molecule has 7 nitrogen and oxygen atoms in total. The maximum atomic E-state index is 12.9. The summed E-state index contributed by atoms with van der Waals surface area (Å²) in [4.78, 5) is 14.0. The van der Waals surface area contributed by atoms with E-state index in [1.807, 2.05) is 31.2 Å². The molecule has 4 rings (SSSR count). The van der Waals surface area contributed by atoms with Gasteiger partial charge in [-0.2, -0.15) is 0 Å². The zero-order valence-corrected chi connectivity index (χ0v) is 20.4. The van der Waals surface area contributed by atoms with Crippen LogP contribution in [0.4, 0.5) is 10.5 Å². The van der Waals surface area contributed by atoms with E-state index in [4.69, 9.17) is 21.1 Å². The predicted molar refractivity (Wildman–Crippen MR) is 133 cm³/mol. The van der Waals surface area contributed by atoms with Gasteiger partial charge in [0.2, 0.25) is 0 Å². The number of hydrogen-bond acceptors (Lipinski definition) is 5. The molecule has 1 amide bonds. The number of fused-ring (bicyclic) bond motifs is 1. The van der Waals surface area contributed by atoms with Crippen LogP contribution in [0.3, 0.4) is 0 Å². The Labute approximate surface area is 204 Å². The number of likely N-dealkylation sites (tertiary alicyclic amines) is 1. The van der Waals surface area contributed by atoms with Crippen molar-refractivity contribution in [3.8, 4) is 5.75 Å². The van der Waals surface area contributed by atoms with Gasteiger partial charge in [0.1, 0.15) is 11.9 Å². The van der Waals surface area contributed by atoms with Gasteiger partial charge in [0.15, 0.2) is 0 Å². The molecule has 1 saturated heterocycles. The Morgan fingerprint density at radius 1 is 1.09 bits per heavy atom. The first-order valence-electron chi connectivity index (χ1n) is 11.3. The number of halogens is 1. The zero-order chi connectivity index (χ0) is 24.1. The second-order valence-electron chi connectivity index (χ2n) is 8.16. The number of anilines is 1. The molecule has 1 aliphatic rings. The fourth-order valence-corrected chi connectivity index (χ4v) is 5.05. The maximum absolute atomic E-state index is 12.9. The van der Waals surface area contributed by atoms with E-state index < -0.39 is 10.0 Å². The Hall–Kier alpha value is -2.97. The van der Waals surface area contributed by atoms with Crippen LogP contribution in [-0.4, -0.2) is 45.2 Å². The summed E-state index contributed by atoms with van der Waals surface area (Å²) in [6.45, 7) is 3.50. The van der Waals surface area contributed by atoms with E-state index in [9.17, 15) is 13.2 Å². The normalized spacial score (nSPS) is 15.9. The fraction of sp³-hybridized carbons (Fsp3) is 0.320. The quantitative estimate of drug-likeness (QED) is 0.400. The number of hydrogen-bond donors (Lipinski definition) is 1. The van der Waals surface area contributed by atoms with Crippen molar-refractivity contribution < 1.29 is 22.7 Å². The number of amides is 1. The molecule has 0 radical (unpaired) electrons. The monoisotopic (exact) mass is 502 g/mol. The first-order chi connectivity index (χ1) is 16.4. The third-order valence-electron chi connectivity index (χ3n) is 5.67. The molecule has 1 heterocycles. The molecule has 1 unspecified atom stereocenters. The van der Waals surface area contributed by atoms with Gasteiger partial charge in [0, 0.05) is 28.8 Å². The molecular weight excluding hydrogens is 476 g/mol. The highest BCUT2D eigenvalue weighted by Crippen LogP contribution is 2.34. The number of carbonyl (C=O) groups is 1. The molecule has 1 N–H and O–H groups in total. The summed E-state index contributed by atoms with van der Waals surface area (Å²) in [5.74, 6) is 0.635. The summed E-state index contributed by atoms with van der Waals surface area (Å²) in [7, 11) is -3.79. The standard InChI is InChI=1S/C25H27ClN2O5S/c1-2-3-16-32-25(29)28-15-14-19(17-28)33-24-13-12-23(21-6-4-5-7-22(21)24)27-34(30,31)20-10-8-18(26)9-11-20/h4-13,19,27H,2-3,14-17H2,1H3. The van der Waals surface area contributed by atoms with Crippen molar-refractivity contribution in [2.45, 2.75) is 37.2 Å². The number of unbranched alkanes of at least 4 members (excludes halogenated alkanes) is 1. The number of benzene rings is 3. The fourth-order valence-electron chi connectivity index (χ4n) is 3.85. The van der Waals surface area contributed by atoms with Crippen molar-refractivity contribution in [1.29, 1.82) is 0 Å². The number of ether oxygens (including phenoxy) is 2. The second kappa shape index (κ2) is 10.5. The van der Waals surface area contributed by atoms with E-state index in [-0.39, 0.29) is 17.1 Å². The van der Waals surface area contributed by atoms with Gasteiger partial charge in [-0.1, -0.05) is 49.2 Å². The summed E-state index contributed by atoms with van der Waals surface area (Å²) < 4.78 is 40.0. The van der Waals surface area contributed by atoms with E-state index in [1.54, 1.807) is 17.0 Å². The minimum Gasteiger partial charge on any atom is -0.488 e. The lowest BCUT2D eigenvalue weighted by atomic mass is 10.1. The van der Waals surface area contributed by atoms with Crippen LogP contribution >= 0.6 is 11.6 Å². The predicted octanol–water partition coefficient (Wildman–Crippen LogP) is 5.68. The summed E-state index contributed by atoms with van der Waals surface area (Å²) in [5, 5.41) is 1.96. The van der Waals surface area contributed by atoms with Crippen LogP contribution in [0, 0.1) is 0 Å². The molecule has 9 heteroatoms. The number of sulfonamides is 1. The van der Waals surface area contributed by atoms with Crippen molar-refractivity contribution in [1.82, 2.24) is 4.90 Å². The largest absolute Gasteiger partial charge is 0.488 e. The van der Waals surface area contributed by atoms with Crippen molar-refractivity contribution in [3.63, 3.8) is 0 Å². The van der Waals surface area contributed by atoms with Gasteiger partial charge in [-0.05, 0) is 42.8 Å². The molecule has 1 atom stereocenters. The summed E-state index contributed by atoms with van der Waals surface area (Å²) in [6.07, 6.45) is 2.04. The Morgan fingerprint density at radius 3 is 2.56 bits per heavy atom. The number of carbonyl (C=O) groups excluding carboxylic acids is 1. The van der Waals surface area contributed by atoms with Gasteiger partial charge in [0.05, 0.1) is 23.7 Å². The van der Waals surface area contributed by atoms with Gasteiger partial charge < -0.3 is 14.4 Å². The molecule has 0 bridgehead atoms. The van der Waals surface area contributed by atoms with Gasteiger partial charge in [0.25, 0.3) is 10.0 Å². The molecule has 180 valence electrons. The third kappa shape index (κ3) is 5.56. The minimum atomic E-state index is -3.79. The molecule has 3 aromatic rings. The smallest absolute Gasteiger partial charge is 0.409 e. The zero-order valence-electron chi connectivity index (χ0n) is 18.9. The lowest BCUT2D eigenvalue weighted by molar-refractivity contribution is 0.104. The van der Waals surface area contributed by atoms with Crippen molar-refractivity contribution in [3.05, 3.63) is 65.7 Å². The van der Waals surface area contributed by atoms with Crippen LogP contribution in [0.25, 0.3) is 10.8 Å². The Balaban J connectivity index is 1.50. The average Bonchev–Trinajstić information content (AvgIpc) is 3.30. The molecule has 3 aromatic carbocycles. The summed E-state index contributed by atoms with van der Waals surface area (Å²) >= 11 is 5.88. The molecule has 0 aromatic heterocycles. The van der Waals surface area contributed by atoms with Crippen molar-refractivity contribution in [2.75, 3.05) is 24.4 Å². The minimum absolute atomic E-state index is 0.123. The summed E-state index contributed by atoms with van der Waals surface area (Å²) in [5.41, 5.74) is 0.449. The van der Waals surface area contributed by atoms with E-state index in [1.165, 1.54) is 24.3 Å². The number of nitrogens with one attached hydrogen (secondary N) is 1. The van der Waals surface area contributed by atoms with Crippen molar-refractivity contribution in [2.24, 2.45) is 0 Å². The molecule has 1 fully saturated rings. The molecule has 34 heavy (non-hydrogen) atoms. The average molecular weight is 503 g/mol. The lowest BCUT2D eigenvalue weighted by Gasteiger charge is -2.19. The lowest BCUT2D eigenvalue weighted by Crippen LogP contribution is -2.31. The van der Waals surface area contributed by atoms with Crippen LogP contribution < -0.4 is 9.46 Å². The molecule has 0 saturated carbocycles. The van der Waals surface area contributed by atoms with E-state index in [0.29, 0.717) is 48.0 Å². The van der Waals surface area contributed by atoms with E-state index in [0.717, 1.165) is 18.2 Å². The highest BCUT2D eigenvalue weighted by molar-refractivity contribution is 7.92. The highest BCUT2D eigenvalue weighted by Gasteiger charge is 2.29. The Morgan fingerprint density at radius 2 is 1.82 bits per heavy atom. The maximum Gasteiger partial charge on any atom is 0.409 e. The third-order valence-corrected chi connectivity index (χ3v) is 7.31. The van der Waals surface area contributed by atoms with Crippen LogP contribution in [0.15, 0.2) is 65.6 Å². The van der Waals surface area contributed by atoms with Crippen LogP contribution in [0.1, 0.15) is 26.2 Å². The topological polar surface area (TPSA) is 84.9 Å². The first-order valence-corrected chi connectivity index (χ1v) is 13.1. The van der Waals surface area contributed by atoms with E-state index in [2.05, 4.69) is 4.72 Å². The van der Waals surface area contributed by atoms with Crippen LogP contribution in [0.5, 0.6) is 5.75 Å². The van der Waals surface area contributed by atoms with Crippen molar-refractivity contribution >= 4 is 44.2 Å². The Kier molecular flexibility index (Phi) is 7.48. The molecular formula is C25H27ClN2O5S. The van der Waals surface area contributed by atoms with Crippen LogP contribution in [-0.2, 0) is 14.8 Å². The second-order valence-corrected chi connectivity index (χ2v) is 10.3. The van der Waals surface area contributed by atoms with Gasteiger partial charge >= 0.3 is 6.09 Å². The SMILES string of the molecule is CCCCOC(=O)N1CCC(Oc2ccc(NS(=O)(=O)c3ccc(Cl)cc3)c3ccccc23)C1. The summed E-state index contributed by atoms with van der Waals surface area (Å²) in [6, 6.07) is 16.9. The molecule has 0 aliphatic carbocycles.